The zero-order chi connectivity index (χ0) is 24.0. The second kappa shape index (κ2) is 9.13. The third kappa shape index (κ3) is 4.12. The van der Waals surface area contributed by atoms with Gasteiger partial charge in [-0.15, -0.1) is 22.7 Å². The summed E-state index contributed by atoms with van der Waals surface area (Å²) >= 11 is 5.99. The van der Waals surface area contributed by atoms with Crippen molar-refractivity contribution in [1.82, 2.24) is 4.98 Å². The number of aromatic nitrogens is 1. The molecule has 3 heterocycles. The minimum atomic E-state index is -0.512. The Labute approximate surface area is 213 Å². The van der Waals surface area contributed by atoms with Crippen molar-refractivity contribution in [2.45, 2.75) is 26.2 Å². The summed E-state index contributed by atoms with van der Waals surface area (Å²) in [5.41, 5.74) is 11.0. The number of aryl methyl sites for hydroxylation is 1. The van der Waals surface area contributed by atoms with Crippen molar-refractivity contribution >= 4 is 71.4 Å². The average Bonchev–Trinajstić information content (AvgIpc) is 3.38. The predicted molar refractivity (Wildman–Crippen MR) is 142 cm³/mol. The van der Waals surface area contributed by atoms with Crippen LogP contribution in [0.3, 0.4) is 0 Å². The number of carbonyl (C=O) groups is 2. The van der Waals surface area contributed by atoms with E-state index >= 15 is 0 Å². The van der Waals surface area contributed by atoms with Crippen molar-refractivity contribution in [3.05, 3.63) is 61.9 Å². The number of nitrogens with zero attached hydrogens (tertiary/aromatic N) is 1. The average molecular weight is 557 g/mol. The number of nitrogens with two attached hydrogens (primary N) is 1. The van der Waals surface area contributed by atoms with Crippen LogP contribution in [0.15, 0.2) is 40.2 Å². The van der Waals surface area contributed by atoms with E-state index in [4.69, 9.17) is 15.5 Å². The summed E-state index contributed by atoms with van der Waals surface area (Å²) in [6, 6.07) is 9.70. The van der Waals surface area contributed by atoms with Gasteiger partial charge in [-0.1, -0.05) is 35.0 Å². The van der Waals surface area contributed by atoms with Crippen LogP contribution in [0.5, 0.6) is 0 Å². The number of halogens is 1. The fraction of sp³-hybridized carbons (Fsp3) is 0.240. The van der Waals surface area contributed by atoms with Gasteiger partial charge < -0.3 is 15.8 Å². The van der Waals surface area contributed by atoms with Crippen LogP contribution >= 0.6 is 38.6 Å². The molecule has 1 aromatic carbocycles. The normalized spacial score (nSPS) is 15.2. The molecule has 0 fully saturated rings. The number of pyridine rings is 1. The fourth-order valence-corrected chi connectivity index (χ4v) is 6.51. The summed E-state index contributed by atoms with van der Waals surface area (Å²) in [5, 5.41) is 5.98. The molecule has 0 bridgehead atoms. The number of rotatable bonds is 4. The Morgan fingerprint density at radius 2 is 2.03 bits per heavy atom. The fourth-order valence-electron chi connectivity index (χ4n) is 4.30. The smallest absolute Gasteiger partial charge is 0.341 e. The van der Waals surface area contributed by atoms with Crippen molar-refractivity contribution in [3.63, 3.8) is 0 Å². The molecule has 1 amide bonds. The van der Waals surface area contributed by atoms with Crippen molar-refractivity contribution < 1.29 is 14.3 Å². The molecule has 1 aliphatic carbocycles. The van der Waals surface area contributed by atoms with E-state index in [2.05, 4.69) is 34.2 Å². The highest BCUT2D eigenvalue weighted by Gasteiger charge is 2.26. The number of ether oxygens (including phenoxy) is 1. The predicted octanol–water partition coefficient (Wildman–Crippen LogP) is 6.53. The highest BCUT2D eigenvalue weighted by atomic mass is 79.9. The van der Waals surface area contributed by atoms with Crippen LogP contribution in [-0.4, -0.2) is 24.0 Å². The van der Waals surface area contributed by atoms with E-state index in [1.807, 2.05) is 29.6 Å². The third-order valence-electron chi connectivity index (χ3n) is 6.10. The molecular formula is C25H22BrN3O3S2. The summed E-state index contributed by atoms with van der Waals surface area (Å²) in [6.45, 7) is 2.24. The number of amides is 1. The van der Waals surface area contributed by atoms with Crippen LogP contribution in [-0.2, 0) is 17.6 Å². The molecule has 6 nitrogen and oxygen atoms in total. The SMILES string of the molecule is COC(=O)c1c(-c2ccc(Br)cc2)csc1NC(=O)c1sc2nc3c(cc2c1N)CC(C)CC3. The highest BCUT2D eigenvalue weighted by Crippen LogP contribution is 2.39. The first-order valence-electron chi connectivity index (χ1n) is 10.8. The molecule has 0 spiro atoms. The van der Waals surface area contributed by atoms with Gasteiger partial charge in [0.2, 0.25) is 0 Å². The Bertz CT molecular complexity index is 1430. The van der Waals surface area contributed by atoms with Gasteiger partial charge in [-0.25, -0.2) is 9.78 Å². The van der Waals surface area contributed by atoms with Crippen LogP contribution in [0.4, 0.5) is 10.7 Å². The van der Waals surface area contributed by atoms with E-state index in [0.717, 1.165) is 45.2 Å². The molecule has 0 aliphatic heterocycles. The van der Waals surface area contributed by atoms with E-state index < -0.39 is 5.97 Å². The van der Waals surface area contributed by atoms with Crippen molar-refractivity contribution in [3.8, 4) is 11.1 Å². The van der Waals surface area contributed by atoms with Gasteiger partial charge >= 0.3 is 5.97 Å². The Balaban J connectivity index is 1.50. The number of carbonyl (C=O) groups excluding carboxylic acids is 2. The monoisotopic (exact) mass is 555 g/mol. The summed E-state index contributed by atoms with van der Waals surface area (Å²) < 4.78 is 5.96. The molecule has 9 heteroatoms. The first-order chi connectivity index (χ1) is 16.4. The third-order valence-corrected chi connectivity index (χ3v) is 8.64. The summed E-state index contributed by atoms with van der Waals surface area (Å²) in [5.74, 6) is -0.256. The summed E-state index contributed by atoms with van der Waals surface area (Å²) in [7, 11) is 1.33. The molecule has 1 unspecified atom stereocenters. The molecule has 0 saturated heterocycles. The Hall–Kier alpha value is -2.75. The number of nitrogens with one attached hydrogen (secondary N) is 1. The lowest BCUT2D eigenvalue weighted by Crippen LogP contribution is -2.14. The molecular weight excluding hydrogens is 534 g/mol. The second-order valence-electron chi connectivity index (χ2n) is 8.45. The lowest BCUT2D eigenvalue weighted by atomic mass is 9.87. The van der Waals surface area contributed by atoms with Gasteiger partial charge in [-0.2, -0.15) is 0 Å². The molecule has 0 saturated carbocycles. The Morgan fingerprint density at radius 3 is 2.76 bits per heavy atom. The lowest BCUT2D eigenvalue weighted by Gasteiger charge is -2.20. The quantitative estimate of drug-likeness (QED) is 0.279. The maximum Gasteiger partial charge on any atom is 0.341 e. The van der Waals surface area contributed by atoms with Gasteiger partial charge in [0.1, 0.15) is 20.3 Å². The van der Waals surface area contributed by atoms with Crippen molar-refractivity contribution in [2.75, 3.05) is 18.2 Å². The maximum atomic E-state index is 13.3. The molecule has 1 atom stereocenters. The van der Waals surface area contributed by atoms with Gasteiger partial charge in [0.15, 0.2) is 0 Å². The van der Waals surface area contributed by atoms with Crippen LogP contribution in [0.25, 0.3) is 21.3 Å². The van der Waals surface area contributed by atoms with Crippen molar-refractivity contribution in [1.29, 1.82) is 0 Å². The van der Waals surface area contributed by atoms with Crippen LogP contribution in [0, 0.1) is 5.92 Å². The molecule has 3 aromatic heterocycles. The number of thiophene rings is 2. The zero-order valence-corrected chi connectivity index (χ0v) is 21.8. The molecule has 3 N–H and O–H groups in total. The molecule has 1 aliphatic rings. The first kappa shape index (κ1) is 23.0. The largest absolute Gasteiger partial charge is 0.465 e. The Kier molecular flexibility index (Phi) is 6.18. The summed E-state index contributed by atoms with van der Waals surface area (Å²) in [6.07, 6.45) is 3.04. The number of anilines is 2. The number of methoxy groups -OCH3 is 1. The van der Waals surface area contributed by atoms with Gasteiger partial charge in [0, 0.05) is 26.5 Å². The van der Waals surface area contributed by atoms with E-state index in [1.54, 1.807) is 0 Å². The number of fused-ring (bicyclic) bond motifs is 2. The zero-order valence-electron chi connectivity index (χ0n) is 18.6. The topological polar surface area (TPSA) is 94.3 Å². The molecule has 5 rings (SSSR count). The van der Waals surface area contributed by atoms with Crippen LogP contribution in [0.1, 0.15) is 44.6 Å². The standard InChI is InChI=1S/C25H22BrN3O3S2/c1-12-3-8-18-14(9-12)10-16-20(27)21(34-23(16)28-18)22(30)29-24-19(25(31)32-2)17(11-33-24)13-4-6-15(26)7-5-13/h4-7,10-12H,3,8-9,27H2,1-2H3,(H,29,30). The summed E-state index contributed by atoms with van der Waals surface area (Å²) in [4.78, 5) is 31.9. The number of nitrogen functional groups attached to an aromatic ring is 1. The van der Waals surface area contributed by atoms with Gasteiger partial charge in [-0.3, -0.25) is 4.79 Å². The van der Waals surface area contributed by atoms with Gasteiger partial charge in [0.25, 0.3) is 5.91 Å². The molecule has 174 valence electrons. The minimum absolute atomic E-state index is 0.324. The number of esters is 1. The highest BCUT2D eigenvalue weighted by molar-refractivity contribution is 9.10. The van der Waals surface area contributed by atoms with Gasteiger partial charge in [-0.05, 0) is 54.5 Å². The van der Waals surface area contributed by atoms with Crippen LogP contribution in [0.2, 0.25) is 0 Å². The first-order valence-corrected chi connectivity index (χ1v) is 13.3. The van der Waals surface area contributed by atoms with E-state index in [0.29, 0.717) is 32.6 Å². The molecule has 34 heavy (non-hydrogen) atoms. The van der Waals surface area contributed by atoms with Crippen molar-refractivity contribution in [2.24, 2.45) is 5.92 Å². The van der Waals surface area contributed by atoms with Gasteiger partial charge in [0.05, 0.1) is 12.8 Å². The molecule has 4 aromatic rings. The number of benzene rings is 1. The van der Waals surface area contributed by atoms with E-state index in [-0.39, 0.29) is 5.91 Å². The van der Waals surface area contributed by atoms with E-state index in [1.165, 1.54) is 35.3 Å². The maximum absolute atomic E-state index is 13.3. The molecule has 0 radical (unpaired) electrons. The second-order valence-corrected chi connectivity index (χ2v) is 11.2. The van der Waals surface area contributed by atoms with E-state index in [9.17, 15) is 9.59 Å². The minimum Gasteiger partial charge on any atom is -0.465 e. The Morgan fingerprint density at radius 1 is 1.26 bits per heavy atom. The van der Waals surface area contributed by atoms with Crippen LogP contribution < -0.4 is 11.1 Å². The number of hydrogen-bond acceptors (Lipinski definition) is 7. The number of hydrogen-bond donors (Lipinski definition) is 2. The lowest BCUT2D eigenvalue weighted by molar-refractivity contribution is 0.0603.